The standard InChI is InChI=1S/C18H21N5O3/c1-10(2)16(24)21-14(17(25)22-15-9-20-23-18(15)26)7-11-8-19-13-6-4-3-5-12(11)13/h3-6,8-10,14,19H,7H2,1-2H3,(H,21,24)(H,22,25)(H2,20,23,26). The van der Waals surface area contributed by atoms with Crippen molar-refractivity contribution in [2.45, 2.75) is 26.3 Å². The van der Waals surface area contributed by atoms with Crippen molar-refractivity contribution < 1.29 is 9.59 Å². The molecule has 1 aromatic carbocycles. The smallest absolute Gasteiger partial charge is 0.287 e. The topological polar surface area (TPSA) is 123 Å². The molecule has 5 N–H and O–H groups in total. The predicted octanol–water partition coefficient (Wildman–Crippen LogP) is 1.51. The summed E-state index contributed by atoms with van der Waals surface area (Å²) < 4.78 is 0. The molecule has 2 amide bonds. The molecular weight excluding hydrogens is 334 g/mol. The molecular formula is C18H21N5O3. The molecule has 1 unspecified atom stereocenters. The summed E-state index contributed by atoms with van der Waals surface area (Å²) >= 11 is 0. The number of carbonyl (C=O) groups excluding carboxylic acids is 2. The summed E-state index contributed by atoms with van der Waals surface area (Å²) in [7, 11) is 0. The first-order chi connectivity index (χ1) is 12.5. The quantitative estimate of drug-likeness (QED) is 0.460. The molecule has 136 valence electrons. The molecule has 8 heteroatoms. The van der Waals surface area contributed by atoms with Crippen LogP contribution in [0.1, 0.15) is 19.4 Å². The fraction of sp³-hybridized carbons (Fsp3) is 0.278. The van der Waals surface area contributed by atoms with E-state index in [-0.39, 0.29) is 17.5 Å². The van der Waals surface area contributed by atoms with Crippen molar-refractivity contribution in [3.05, 3.63) is 52.6 Å². The van der Waals surface area contributed by atoms with Gasteiger partial charge in [0.15, 0.2) is 0 Å². The minimum atomic E-state index is -0.807. The normalized spacial score (nSPS) is 12.3. The largest absolute Gasteiger partial charge is 0.361 e. The maximum absolute atomic E-state index is 12.7. The molecule has 26 heavy (non-hydrogen) atoms. The molecule has 0 aliphatic heterocycles. The van der Waals surface area contributed by atoms with Gasteiger partial charge in [0.05, 0.1) is 0 Å². The fourth-order valence-corrected chi connectivity index (χ4v) is 2.69. The number of hydrogen-bond acceptors (Lipinski definition) is 3. The van der Waals surface area contributed by atoms with Crippen LogP contribution >= 0.6 is 0 Å². The van der Waals surface area contributed by atoms with Gasteiger partial charge in [-0.05, 0) is 11.6 Å². The highest BCUT2D eigenvalue weighted by Crippen LogP contribution is 2.19. The molecule has 2 aromatic heterocycles. The lowest BCUT2D eigenvalue weighted by Crippen LogP contribution is -2.47. The van der Waals surface area contributed by atoms with Crippen molar-refractivity contribution in [3.8, 4) is 0 Å². The third-order valence-electron chi connectivity index (χ3n) is 4.16. The van der Waals surface area contributed by atoms with Crippen LogP contribution < -0.4 is 16.2 Å². The van der Waals surface area contributed by atoms with E-state index in [1.807, 2.05) is 30.5 Å². The molecule has 0 aliphatic carbocycles. The van der Waals surface area contributed by atoms with E-state index in [0.29, 0.717) is 6.42 Å². The molecule has 3 rings (SSSR count). The third-order valence-corrected chi connectivity index (χ3v) is 4.16. The number of benzene rings is 1. The Hall–Kier alpha value is -3.29. The number of H-pyrrole nitrogens is 3. The number of amides is 2. The van der Waals surface area contributed by atoms with E-state index in [1.54, 1.807) is 13.8 Å². The molecule has 0 saturated carbocycles. The zero-order valence-electron chi connectivity index (χ0n) is 14.6. The number of aromatic nitrogens is 3. The number of aromatic amines is 3. The van der Waals surface area contributed by atoms with Crippen molar-refractivity contribution in [3.63, 3.8) is 0 Å². The molecule has 2 heterocycles. The Bertz CT molecular complexity index is 982. The van der Waals surface area contributed by atoms with Gasteiger partial charge in [-0.3, -0.25) is 19.5 Å². The average molecular weight is 355 g/mol. The Labute approximate surface area is 149 Å². The van der Waals surface area contributed by atoms with Gasteiger partial charge in [-0.1, -0.05) is 32.0 Å². The van der Waals surface area contributed by atoms with Crippen molar-refractivity contribution in [2.75, 3.05) is 5.32 Å². The van der Waals surface area contributed by atoms with Gasteiger partial charge in [0.2, 0.25) is 11.8 Å². The highest BCUT2D eigenvalue weighted by atomic mass is 16.2. The van der Waals surface area contributed by atoms with Crippen molar-refractivity contribution in [1.82, 2.24) is 20.5 Å². The zero-order chi connectivity index (χ0) is 18.7. The van der Waals surface area contributed by atoms with Crippen LogP contribution in [0.4, 0.5) is 5.69 Å². The third kappa shape index (κ3) is 3.69. The second-order valence-electron chi connectivity index (χ2n) is 6.43. The van der Waals surface area contributed by atoms with Crippen LogP contribution in [-0.2, 0) is 16.0 Å². The minimum absolute atomic E-state index is 0.109. The summed E-state index contributed by atoms with van der Waals surface area (Å²) in [4.78, 5) is 39.6. The summed E-state index contributed by atoms with van der Waals surface area (Å²) in [6.45, 7) is 3.51. The number of fused-ring (bicyclic) bond motifs is 1. The van der Waals surface area contributed by atoms with Crippen LogP contribution in [0.2, 0.25) is 0 Å². The Morgan fingerprint density at radius 1 is 1.12 bits per heavy atom. The first-order valence-corrected chi connectivity index (χ1v) is 8.38. The summed E-state index contributed by atoms with van der Waals surface area (Å²) in [5, 5.41) is 11.2. The van der Waals surface area contributed by atoms with Gasteiger partial charge in [0, 0.05) is 35.6 Å². The number of hydrogen-bond donors (Lipinski definition) is 5. The van der Waals surface area contributed by atoms with Crippen LogP contribution in [0.25, 0.3) is 10.9 Å². The monoisotopic (exact) mass is 355 g/mol. The summed E-state index contributed by atoms with van der Waals surface area (Å²) in [5.41, 5.74) is 1.55. The lowest BCUT2D eigenvalue weighted by molar-refractivity contribution is -0.128. The Morgan fingerprint density at radius 2 is 1.88 bits per heavy atom. The van der Waals surface area contributed by atoms with Crippen LogP contribution in [0.15, 0.2) is 41.5 Å². The van der Waals surface area contributed by atoms with Gasteiger partial charge in [0.1, 0.15) is 11.7 Å². The van der Waals surface area contributed by atoms with Crippen LogP contribution in [-0.4, -0.2) is 33.0 Å². The molecule has 0 aliphatic rings. The van der Waals surface area contributed by atoms with Crippen LogP contribution in [0, 0.1) is 5.92 Å². The van der Waals surface area contributed by atoms with Crippen molar-refractivity contribution >= 4 is 28.4 Å². The number of para-hydroxylation sites is 1. The van der Waals surface area contributed by atoms with E-state index >= 15 is 0 Å². The lowest BCUT2D eigenvalue weighted by Gasteiger charge is -2.19. The number of nitrogens with one attached hydrogen (secondary N) is 5. The van der Waals surface area contributed by atoms with E-state index in [4.69, 9.17) is 0 Å². The number of rotatable bonds is 6. The van der Waals surface area contributed by atoms with Gasteiger partial charge in [-0.2, -0.15) is 0 Å². The number of carbonyl (C=O) groups is 2. The van der Waals surface area contributed by atoms with Crippen LogP contribution in [0.3, 0.4) is 0 Å². The minimum Gasteiger partial charge on any atom is -0.361 e. The van der Waals surface area contributed by atoms with Gasteiger partial charge in [-0.25, -0.2) is 0 Å². The number of anilines is 1. The van der Waals surface area contributed by atoms with E-state index in [2.05, 4.69) is 25.8 Å². The van der Waals surface area contributed by atoms with Crippen molar-refractivity contribution in [1.29, 1.82) is 0 Å². The summed E-state index contributed by atoms with van der Waals surface area (Å²) in [6, 6.07) is 6.93. The van der Waals surface area contributed by atoms with Gasteiger partial charge >= 0.3 is 0 Å². The van der Waals surface area contributed by atoms with Crippen LogP contribution in [0.5, 0.6) is 0 Å². The van der Waals surface area contributed by atoms with E-state index < -0.39 is 17.5 Å². The highest BCUT2D eigenvalue weighted by molar-refractivity contribution is 5.98. The fourth-order valence-electron chi connectivity index (χ4n) is 2.69. The first kappa shape index (κ1) is 17.5. The second kappa shape index (κ2) is 7.30. The average Bonchev–Trinajstić information content (AvgIpc) is 3.21. The van der Waals surface area contributed by atoms with Gasteiger partial charge in [-0.15, -0.1) is 0 Å². The van der Waals surface area contributed by atoms with E-state index in [0.717, 1.165) is 16.5 Å². The molecule has 0 spiro atoms. The van der Waals surface area contributed by atoms with E-state index in [9.17, 15) is 14.4 Å². The van der Waals surface area contributed by atoms with E-state index in [1.165, 1.54) is 6.20 Å². The van der Waals surface area contributed by atoms with Gasteiger partial charge in [0.25, 0.3) is 5.56 Å². The first-order valence-electron chi connectivity index (χ1n) is 8.38. The highest BCUT2D eigenvalue weighted by Gasteiger charge is 2.24. The molecule has 0 saturated heterocycles. The Balaban J connectivity index is 1.85. The molecule has 3 aromatic rings. The maximum atomic E-state index is 12.7. The molecule has 0 radical (unpaired) electrons. The SMILES string of the molecule is CC(C)C(=O)NC(Cc1c[nH]c2ccccc12)C(=O)Nc1c[nH][nH]c1=O. The summed E-state index contributed by atoms with van der Waals surface area (Å²) in [6.07, 6.45) is 3.50. The second-order valence-corrected chi connectivity index (χ2v) is 6.43. The lowest BCUT2D eigenvalue weighted by atomic mass is 10.0. The molecule has 8 nitrogen and oxygen atoms in total. The molecule has 0 bridgehead atoms. The Kier molecular flexibility index (Phi) is 4.92. The molecule has 1 atom stereocenters. The predicted molar refractivity (Wildman–Crippen MR) is 98.8 cm³/mol. The summed E-state index contributed by atoms with van der Waals surface area (Å²) in [5.74, 6) is -0.939. The molecule has 0 fully saturated rings. The maximum Gasteiger partial charge on any atom is 0.287 e. The van der Waals surface area contributed by atoms with Gasteiger partial charge < -0.3 is 20.7 Å². The zero-order valence-corrected chi connectivity index (χ0v) is 14.6. The Morgan fingerprint density at radius 3 is 2.58 bits per heavy atom. The van der Waals surface area contributed by atoms with Crippen molar-refractivity contribution in [2.24, 2.45) is 5.92 Å².